The van der Waals surface area contributed by atoms with E-state index in [1.807, 2.05) is 0 Å². The van der Waals surface area contributed by atoms with Crippen molar-refractivity contribution in [3.8, 4) is 0 Å². The highest BCUT2D eigenvalue weighted by Crippen LogP contribution is 2.40. The molecule has 2 fully saturated rings. The van der Waals surface area contributed by atoms with Crippen LogP contribution in [0.1, 0.15) is 26.7 Å². The Morgan fingerprint density at radius 2 is 2.00 bits per heavy atom. The van der Waals surface area contributed by atoms with Crippen molar-refractivity contribution >= 4 is 11.9 Å². The summed E-state index contributed by atoms with van der Waals surface area (Å²) in [7, 11) is 0. The first-order valence-corrected chi connectivity index (χ1v) is 6.12. The molecule has 2 rings (SSSR count). The molecule has 2 aliphatic rings. The topological polar surface area (TPSA) is 61.8 Å². The Bertz CT molecular complexity index is 376. The number of esters is 2. The summed E-state index contributed by atoms with van der Waals surface area (Å²) < 4.78 is 16.0. The maximum absolute atomic E-state index is 11.4. The Labute approximate surface area is 106 Å². The second kappa shape index (κ2) is 5.10. The van der Waals surface area contributed by atoms with E-state index in [0.29, 0.717) is 18.6 Å². The number of ether oxygens (including phenoxy) is 3. The van der Waals surface area contributed by atoms with Gasteiger partial charge in [-0.3, -0.25) is 4.79 Å². The van der Waals surface area contributed by atoms with Crippen LogP contribution in [0.5, 0.6) is 0 Å². The highest BCUT2D eigenvalue weighted by atomic mass is 16.6. The zero-order valence-electron chi connectivity index (χ0n) is 10.7. The van der Waals surface area contributed by atoms with E-state index in [2.05, 4.69) is 6.58 Å². The van der Waals surface area contributed by atoms with Gasteiger partial charge in [0.05, 0.1) is 18.8 Å². The number of carbonyl (C=O) groups excluding carboxylic acids is 2. The normalized spacial score (nSPS) is 33.2. The molecule has 5 nitrogen and oxygen atoms in total. The van der Waals surface area contributed by atoms with Crippen molar-refractivity contribution in [3.05, 3.63) is 12.2 Å². The molecular weight excluding hydrogens is 236 g/mol. The number of fused-ring (bicyclic) bond motifs is 2. The van der Waals surface area contributed by atoms with Crippen LogP contribution in [0, 0.1) is 5.92 Å². The van der Waals surface area contributed by atoms with Crippen LogP contribution in [0.25, 0.3) is 0 Å². The van der Waals surface area contributed by atoms with Gasteiger partial charge in [-0.25, -0.2) is 4.79 Å². The molecule has 100 valence electrons. The van der Waals surface area contributed by atoms with E-state index >= 15 is 0 Å². The molecule has 0 spiro atoms. The van der Waals surface area contributed by atoms with Crippen LogP contribution in [0.2, 0.25) is 0 Å². The summed E-state index contributed by atoms with van der Waals surface area (Å²) >= 11 is 0. The summed E-state index contributed by atoms with van der Waals surface area (Å²) in [5.74, 6) is -0.422. The van der Waals surface area contributed by atoms with Gasteiger partial charge >= 0.3 is 11.9 Å². The minimum absolute atomic E-state index is 0.0253. The Balaban J connectivity index is 1.82. The number of hydrogen-bond acceptors (Lipinski definition) is 5. The van der Waals surface area contributed by atoms with Crippen LogP contribution < -0.4 is 0 Å². The third-order valence-electron chi connectivity index (χ3n) is 3.40. The lowest BCUT2D eigenvalue weighted by Gasteiger charge is -2.24. The fraction of sp³-hybridized carbons (Fsp3) is 0.692. The first kappa shape index (κ1) is 13.1. The zero-order valence-corrected chi connectivity index (χ0v) is 10.7. The van der Waals surface area contributed by atoms with Gasteiger partial charge in [0.2, 0.25) is 0 Å². The molecule has 0 aromatic carbocycles. The van der Waals surface area contributed by atoms with Gasteiger partial charge < -0.3 is 14.2 Å². The summed E-state index contributed by atoms with van der Waals surface area (Å²) in [6.07, 6.45) is 1.21. The largest absolute Gasteiger partial charge is 0.465 e. The monoisotopic (exact) mass is 254 g/mol. The molecule has 4 atom stereocenters. The summed E-state index contributed by atoms with van der Waals surface area (Å²) in [5, 5.41) is 0. The molecule has 2 heterocycles. The second-order valence-electron chi connectivity index (χ2n) is 4.97. The Morgan fingerprint density at radius 3 is 2.50 bits per heavy atom. The van der Waals surface area contributed by atoms with Gasteiger partial charge in [0, 0.05) is 24.8 Å². The lowest BCUT2D eigenvalue weighted by Crippen LogP contribution is -2.33. The van der Waals surface area contributed by atoms with Gasteiger partial charge in [0.1, 0.15) is 6.10 Å². The van der Waals surface area contributed by atoms with Gasteiger partial charge in [0.25, 0.3) is 0 Å². The van der Waals surface area contributed by atoms with Crippen molar-refractivity contribution < 1.29 is 23.8 Å². The fourth-order valence-electron chi connectivity index (χ4n) is 2.47. The molecule has 0 aromatic rings. The summed E-state index contributed by atoms with van der Waals surface area (Å²) in [6, 6.07) is 0. The highest BCUT2D eigenvalue weighted by Gasteiger charge is 2.49. The van der Waals surface area contributed by atoms with Gasteiger partial charge in [-0.05, 0) is 13.3 Å². The average molecular weight is 254 g/mol. The van der Waals surface area contributed by atoms with Crippen LogP contribution in [0.15, 0.2) is 12.2 Å². The second-order valence-corrected chi connectivity index (χ2v) is 4.97. The molecule has 2 saturated heterocycles. The predicted molar refractivity (Wildman–Crippen MR) is 62.7 cm³/mol. The third-order valence-corrected chi connectivity index (χ3v) is 3.40. The third kappa shape index (κ3) is 2.72. The van der Waals surface area contributed by atoms with Crippen molar-refractivity contribution in [3.63, 3.8) is 0 Å². The highest BCUT2D eigenvalue weighted by molar-refractivity contribution is 5.87. The maximum Gasteiger partial charge on any atom is 0.333 e. The number of rotatable bonds is 4. The molecule has 5 heteroatoms. The lowest BCUT2D eigenvalue weighted by molar-refractivity contribution is -0.146. The molecule has 0 aromatic heterocycles. The van der Waals surface area contributed by atoms with E-state index in [0.717, 1.165) is 6.42 Å². The first-order chi connectivity index (χ1) is 8.47. The van der Waals surface area contributed by atoms with E-state index in [4.69, 9.17) is 14.2 Å². The predicted octanol–water partition coefficient (Wildman–Crippen LogP) is 1.21. The maximum atomic E-state index is 11.4. The van der Waals surface area contributed by atoms with Crippen molar-refractivity contribution in [1.82, 2.24) is 0 Å². The molecular formula is C13H18O5. The Morgan fingerprint density at radius 1 is 1.28 bits per heavy atom. The van der Waals surface area contributed by atoms with E-state index in [9.17, 15) is 9.59 Å². The molecule has 18 heavy (non-hydrogen) atoms. The van der Waals surface area contributed by atoms with E-state index < -0.39 is 0 Å². The summed E-state index contributed by atoms with van der Waals surface area (Å²) in [6.45, 7) is 6.96. The van der Waals surface area contributed by atoms with E-state index in [1.165, 1.54) is 6.92 Å². The fourth-order valence-corrected chi connectivity index (χ4v) is 2.47. The van der Waals surface area contributed by atoms with Gasteiger partial charge in [-0.2, -0.15) is 0 Å². The molecule has 0 N–H and O–H groups in total. The minimum atomic E-state index is -0.368. The number of carbonyl (C=O) groups is 2. The van der Waals surface area contributed by atoms with Gasteiger partial charge in [-0.1, -0.05) is 6.58 Å². The lowest BCUT2D eigenvalue weighted by atomic mass is 9.88. The molecule has 0 radical (unpaired) electrons. The van der Waals surface area contributed by atoms with Crippen molar-refractivity contribution in [1.29, 1.82) is 0 Å². The van der Waals surface area contributed by atoms with Gasteiger partial charge in [-0.15, -0.1) is 0 Å². The molecule has 4 unspecified atom stereocenters. The molecule has 2 bridgehead atoms. The summed E-state index contributed by atoms with van der Waals surface area (Å²) in [5.41, 5.74) is 0.397. The zero-order chi connectivity index (χ0) is 13.3. The molecule has 2 aliphatic heterocycles. The molecule has 0 amide bonds. The van der Waals surface area contributed by atoms with Crippen LogP contribution >= 0.6 is 0 Å². The smallest absolute Gasteiger partial charge is 0.333 e. The van der Waals surface area contributed by atoms with Crippen LogP contribution in [-0.4, -0.2) is 36.9 Å². The SMILES string of the molecule is C=C(C)C(=O)OC1CC2OC1CC2COC(C)=O. The molecule has 0 aliphatic carbocycles. The van der Waals surface area contributed by atoms with E-state index in [1.54, 1.807) is 6.92 Å². The summed E-state index contributed by atoms with van der Waals surface area (Å²) in [4.78, 5) is 22.2. The van der Waals surface area contributed by atoms with Crippen molar-refractivity contribution in [2.24, 2.45) is 5.92 Å². The first-order valence-electron chi connectivity index (χ1n) is 6.12. The van der Waals surface area contributed by atoms with Crippen molar-refractivity contribution in [2.45, 2.75) is 45.0 Å². The minimum Gasteiger partial charge on any atom is -0.465 e. The standard InChI is InChI=1S/C13H18O5/c1-7(2)13(15)18-12-5-10-9(4-11(12)17-10)6-16-8(3)14/h9-12H,1,4-6H2,2-3H3. The van der Waals surface area contributed by atoms with Gasteiger partial charge in [0.15, 0.2) is 0 Å². The quantitative estimate of drug-likeness (QED) is 0.557. The Kier molecular flexibility index (Phi) is 3.71. The Hall–Kier alpha value is -1.36. The molecule has 0 saturated carbocycles. The number of hydrogen-bond donors (Lipinski definition) is 0. The average Bonchev–Trinajstić information content (AvgIpc) is 2.85. The van der Waals surface area contributed by atoms with Crippen LogP contribution in [0.4, 0.5) is 0 Å². The van der Waals surface area contributed by atoms with Crippen LogP contribution in [0.3, 0.4) is 0 Å². The van der Waals surface area contributed by atoms with Crippen molar-refractivity contribution in [2.75, 3.05) is 6.61 Å². The van der Waals surface area contributed by atoms with E-state index in [-0.39, 0.29) is 36.2 Å². The van der Waals surface area contributed by atoms with Crippen LogP contribution in [-0.2, 0) is 23.8 Å².